The predicted molar refractivity (Wildman–Crippen MR) is 58.8 cm³/mol. The number of halogens is 1. The summed E-state index contributed by atoms with van der Waals surface area (Å²) in [4.78, 5) is 13.9. The molecule has 80 valence electrons. The van der Waals surface area contributed by atoms with Gasteiger partial charge in [0, 0.05) is 18.1 Å². The number of ether oxygens (including phenoxy) is 1. The Morgan fingerprint density at radius 1 is 1.53 bits per heavy atom. The minimum absolute atomic E-state index is 0.0619. The van der Waals surface area contributed by atoms with Crippen LogP contribution in [0.4, 0.5) is 0 Å². The second-order valence-electron chi connectivity index (χ2n) is 3.54. The fraction of sp³-hybridized carbons (Fsp3) is 0.364. The van der Waals surface area contributed by atoms with Crippen molar-refractivity contribution in [2.75, 3.05) is 26.7 Å². The Bertz CT molecular complexity index is 388. The maximum Gasteiger partial charge on any atom is 0.180 e. The van der Waals surface area contributed by atoms with E-state index in [-0.39, 0.29) is 5.78 Å². The van der Waals surface area contributed by atoms with Gasteiger partial charge in [-0.15, -0.1) is 0 Å². The van der Waals surface area contributed by atoms with Crippen LogP contribution < -0.4 is 4.74 Å². The highest BCUT2D eigenvalue weighted by molar-refractivity contribution is 6.31. The Morgan fingerprint density at radius 2 is 2.27 bits per heavy atom. The highest BCUT2D eigenvalue weighted by atomic mass is 35.5. The SMILES string of the molecule is COc1ccc(Cl)cc1C(=O)CN1CC1. The number of hydrogen-bond acceptors (Lipinski definition) is 3. The van der Waals surface area contributed by atoms with E-state index in [0.717, 1.165) is 13.1 Å². The van der Waals surface area contributed by atoms with Crippen molar-refractivity contribution < 1.29 is 9.53 Å². The average molecular weight is 226 g/mol. The summed E-state index contributed by atoms with van der Waals surface area (Å²) in [5.41, 5.74) is 0.567. The molecule has 1 aromatic carbocycles. The first-order chi connectivity index (χ1) is 7.20. The van der Waals surface area contributed by atoms with E-state index in [0.29, 0.717) is 22.9 Å². The number of rotatable bonds is 4. The summed E-state index contributed by atoms with van der Waals surface area (Å²) >= 11 is 5.85. The molecule has 1 aliphatic rings. The maximum atomic E-state index is 11.8. The van der Waals surface area contributed by atoms with Gasteiger partial charge in [-0.25, -0.2) is 0 Å². The van der Waals surface area contributed by atoms with E-state index < -0.39 is 0 Å². The third kappa shape index (κ3) is 2.49. The summed E-state index contributed by atoms with van der Waals surface area (Å²) in [5, 5.41) is 0.560. The molecule has 1 heterocycles. The highest BCUT2D eigenvalue weighted by Crippen LogP contribution is 2.23. The van der Waals surface area contributed by atoms with E-state index in [1.165, 1.54) is 0 Å². The Labute approximate surface area is 93.6 Å². The van der Waals surface area contributed by atoms with Crippen LogP contribution >= 0.6 is 11.6 Å². The van der Waals surface area contributed by atoms with Crippen molar-refractivity contribution in [3.05, 3.63) is 28.8 Å². The van der Waals surface area contributed by atoms with Crippen molar-refractivity contribution in [2.45, 2.75) is 0 Å². The van der Waals surface area contributed by atoms with E-state index in [1.807, 2.05) is 0 Å². The third-order valence-corrected chi connectivity index (χ3v) is 2.60. The smallest absolute Gasteiger partial charge is 0.180 e. The molecule has 0 amide bonds. The van der Waals surface area contributed by atoms with Crippen molar-refractivity contribution in [3.63, 3.8) is 0 Å². The molecule has 3 nitrogen and oxygen atoms in total. The van der Waals surface area contributed by atoms with Gasteiger partial charge in [0.05, 0.1) is 19.2 Å². The second-order valence-corrected chi connectivity index (χ2v) is 3.98. The van der Waals surface area contributed by atoms with Gasteiger partial charge >= 0.3 is 0 Å². The van der Waals surface area contributed by atoms with Gasteiger partial charge in [0.2, 0.25) is 0 Å². The molecule has 0 aliphatic carbocycles. The molecular weight excluding hydrogens is 214 g/mol. The zero-order chi connectivity index (χ0) is 10.8. The summed E-state index contributed by atoms with van der Waals surface area (Å²) in [6.45, 7) is 2.47. The predicted octanol–water partition coefficient (Wildman–Crippen LogP) is 1.85. The summed E-state index contributed by atoms with van der Waals surface area (Å²) in [6.07, 6.45) is 0. The van der Waals surface area contributed by atoms with Crippen LogP contribution in [0.5, 0.6) is 5.75 Å². The number of ketones is 1. The number of Topliss-reactive ketones (excluding diaryl/α,β-unsaturated/α-hetero) is 1. The van der Waals surface area contributed by atoms with Crippen molar-refractivity contribution in [1.29, 1.82) is 0 Å². The second kappa shape index (κ2) is 4.21. The lowest BCUT2D eigenvalue weighted by Gasteiger charge is -2.07. The van der Waals surface area contributed by atoms with Gasteiger partial charge in [0.1, 0.15) is 5.75 Å². The molecule has 4 heteroatoms. The van der Waals surface area contributed by atoms with Crippen molar-refractivity contribution >= 4 is 17.4 Å². The lowest BCUT2D eigenvalue weighted by Crippen LogP contribution is -2.14. The average Bonchev–Trinajstić information content (AvgIpc) is 3.01. The van der Waals surface area contributed by atoms with Crippen LogP contribution in [-0.4, -0.2) is 37.4 Å². The Kier molecular flexibility index (Phi) is 2.93. The molecule has 0 radical (unpaired) electrons. The Balaban J connectivity index is 2.23. The normalized spacial score (nSPS) is 15.1. The van der Waals surface area contributed by atoms with Crippen LogP contribution in [0.3, 0.4) is 0 Å². The van der Waals surface area contributed by atoms with E-state index in [1.54, 1.807) is 25.3 Å². The lowest BCUT2D eigenvalue weighted by molar-refractivity contribution is 0.0971. The molecule has 0 aromatic heterocycles. The lowest BCUT2D eigenvalue weighted by atomic mass is 10.1. The first kappa shape index (κ1) is 10.5. The molecule has 0 N–H and O–H groups in total. The molecule has 0 bridgehead atoms. The quantitative estimate of drug-likeness (QED) is 0.579. The van der Waals surface area contributed by atoms with Gasteiger partial charge in [-0.3, -0.25) is 9.69 Å². The zero-order valence-corrected chi connectivity index (χ0v) is 9.25. The molecule has 0 atom stereocenters. The Morgan fingerprint density at radius 3 is 2.87 bits per heavy atom. The first-order valence-electron chi connectivity index (χ1n) is 4.80. The first-order valence-corrected chi connectivity index (χ1v) is 5.17. The molecular formula is C11H12ClNO2. The number of carbonyl (C=O) groups excluding carboxylic acids is 1. The van der Waals surface area contributed by atoms with E-state index in [9.17, 15) is 4.79 Å². The number of carbonyl (C=O) groups is 1. The summed E-state index contributed by atoms with van der Waals surface area (Å²) in [5.74, 6) is 0.651. The van der Waals surface area contributed by atoms with Crippen LogP contribution in [0, 0.1) is 0 Å². The summed E-state index contributed by atoms with van der Waals surface area (Å²) in [6, 6.07) is 5.10. The fourth-order valence-electron chi connectivity index (χ4n) is 1.42. The standard InChI is InChI=1S/C11H12ClNO2/c1-15-11-3-2-8(12)6-9(11)10(14)7-13-4-5-13/h2-3,6H,4-5,7H2,1H3. The molecule has 2 rings (SSSR count). The number of benzene rings is 1. The van der Waals surface area contributed by atoms with Gasteiger partial charge in [-0.05, 0) is 18.2 Å². The van der Waals surface area contributed by atoms with Crippen LogP contribution in [0.2, 0.25) is 5.02 Å². The molecule has 15 heavy (non-hydrogen) atoms. The highest BCUT2D eigenvalue weighted by Gasteiger charge is 2.22. The van der Waals surface area contributed by atoms with E-state index in [4.69, 9.17) is 16.3 Å². The minimum Gasteiger partial charge on any atom is -0.496 e. The maximum absolute atomic E-state index is 11.8. The van der Waals surface area contributed by atoms with E-state index >= 15 is 0 Å². The van der Waals surface area contributed by atoms with Gasteiger partial charge in [-0.1, -0.05) is 11.6 Å². The topological polar surface area (TPSA) is 29.3 Å². The van der Waals surface area contributed by atoms with Crippen LogP contribution in [0.1, 0.15) is 10.4 Å². The molecule has 0 saturated carbocycles. The number of nitrogens with zero attached hydrogens (tertiary/aromatic N) is 1. The summed E-state index contributed by atoms with van der Waals surface area (Å²) in [7, 11) is 1.55. The van der Waals surface area contributed by atoms with Gasteiger partial charge < -0.3 is 4.74 Å². The van der Waals surface area contributed by atoms with E-state index in [2.05, 4.69) is 4.90 Å². The molecule has 1 aliphatic heterocycles. The van der Waals surface area contributed by atoms with Crippen molar-refractivity contribution in [3.8, 4) is 5.75 Å². The molecule has 0 spiro atoms. The zero-order valence-electron chi connectivity index (χ0n) is 8.50. The molecule has 0 unspecified atom stereocenters. The number of hydrogen-bond donors (Lipinski definition) is 0. The molecule has 1 aromatic rings. The van der Waals surface area contributed by atoms with Gasteiger partial charge in [-0.2, -0.15) is 0 Å². The summed E-state index contributed by atoms with van der Waals surface area (Å²) < 4.78 is 5.13. The third-order valence-electron chi connectivity index (χ3n) is 2.37. The fourth-order valence-corrected chi connectivity index (χ4v) is 1.59. The van der Waals surface area contributed by atoms with Crippen molar-refractivity contribution in [2.24, 2.45) is 0 Å². The molecule has 1 fully saturated rings. The monoisotopic (exact) mass is 225 g/mol. The van der Waals surface area contributed by atoms with Crippen molar-refractivity contribution in [1.82, 2.24) is 4.90 Å². The van der Waals surface area contributed by atoms with Crippen LogP contribution in [0.15, 0.2) is 18.2 Å². The van der Waals surface area contributed by atoms with Crippen LogP contribution in [0.25, 0.3) is 0 Å². The number of methoxy groups -OCH3 is 1. The molecule has 1 saturated heterocycles. The van der Waals surface area contributed by atoms with Gasteiger partial charge in [0.25, 0.3) is 0 Å². The van der Waals surface area contributed by atoms with Crippen LogP contribution in [-0.2, 0) is 0 Å². The largest absolute Gasteiger partial charge is 0.496 e. The minimum atomic E-state index is 0.0619. The Hall–Kier alpha value is -1.06. The van der Waals surface area contributed by atoms with Gasteiger partial charge in [0.15, 0.2) is 5.78 Å².